The molecule has 0 atom stereocenters. The molecule has 0 bridgehead atoms. The summed E-state index contributed by atoms with van der Waals surface area (Å²) in [4.78, 5) is 9.76. The van der Waals surface area contributed by atoms with Crippen molar-refractivity contribution in [2.75, 3.05) is 0 Å². The van der Waals surface area contributed by atoms with E-state index in [2.05, 4.69) is 9.97 Å². The molecule has 0 amide bonds. The van der Waals surface area contributed by atoms with E-state index in [0.29, 0.717) is 11.4 Å². The normalized spacial score (nSPS) is 16.8. The number of rotatable bonds is 3. The molecular weight excluding hydrogens is 296 g/mol. The van der Waals surface area contributed by atoms with Crippen molar-refractivity contribution < 1.29 is 10.2 Å². The van der Waals surface area contributed by atoms with Gasteiger partial charge < -0.3 is 10.2 Å². The van der Waals surface area contributed by atoms with Crippen molar-refractivity contribution in [3.63, 3.8) is 0 Å². The van der Waals surface area contributed by atoms with Gasteiger partial charge in [0.15, 0.2) is 0 Å². The maximum Gasteiger partial charge on any atom is 0.221 e. The Hall–Kier alpha value is -1.62. The second-order valence-corrected chi connectivity index (χ2v) is 7.49. The van der Waals surface area contributed by atoms with Crippen molar-refractivity contribution in [3.05, 3.63) is 33.8 Å². The minimum absolute atomic E-state index is 0.0565. The maximum atomic E-state index is 10.4. The van der Waals surface area contributed by atoms with Gasteiger partial charge in [-0.2, -0.15) is 9.97 Å². The van der Waals surface area contributed by atoms with E-state index in [4.69, 9.17) is 0 Å². The molecule has 2 N–H and O–H groups in total. The zero-order valence-electron chi connectivity index (χ0n) is 13.0. The van der Waals surface area contributed by atoms with Crippen LogP contribution in [0.15, 0.2) is 17.5 Å². The van der Waals surface area contributed by atoms with Crippen molar-refractivity contribution in [3.8, 4) is 11.8 Å². The number of aromatic hydroxyl groups is 2. The van der Waals surface area contributed by atoms with Gasteiger partial charge in [0.25, 0.3) is 0 Å². The van der Waals surface area contributed by atoms with Crippen molar-refractivity contribution in [2.45, 2.75) is 57.3 Å². The molecule has 0 radical (unpaired) electrons. The van der Waals surface area contributed by atoms with Gasteiger partial charge in [0.1, 0.15) is 5.82 Å². The van der Waals surface area contributed by atoms with Crippen molar-refractivity contribution >= 4 is 11.3 Å². The molecule has 1 saturated carbocycles. The van der Waals surface area contributed by atoms with Crippen LogP contribution in [0.4, 0.5) is 0 Å². The van der Waals surface area contributed by atoms with Gasteiger partial charge in [-0.1, -0.05) is 25.3 Å². The van der Waals surface area contributed by atoms with E-state index < -0.39 is 5.41 Å². The number of hydrogen-bond acceptors (Lipinski definition) is 5. The molecule has 1 aliphatic rings. The third-order valence-corrected chi connectivity index (χ3v) is 5.81. The number of hydrogen-bond donors (Lipinski definition) is 2. The number of aromatic nitrogens is 2. The Morgan fingerprint density at radius 2 is 1.73 bits per heavy atom. The van der Waals surface area contributed by atoms with E-state index in [1.807, 2.05) is 31.4 Å². The lowest BCUT2D eigenvalue weighted by atomic mass is 9.84. The molecule has 0 unspecified atom stereocenters. The predicted octanol–water partition coefficient (Wildman–Crippen LogP) is 4.32. The number of nitrogens with zero attached hydrogens (tertiary/aromatic N) is 2. The zero-order chi connectivity index (χ0) is 15.7. The molecule has 2 aromatic rings. The smallest absolute Gasteiger partial charge is 0.221 e. The Kier molecular flexibility index (Phi) is 4.08. The molecular formula is C17H22N2O2S. The Morgan fingerprint density at radius 1 is 1.09 bits per heavy atom. The van der Waals surface area contributed by atoms with Crippen LogP contribution in [0.3, 0.4) is 0 Å². The van der Waals surface area contributed by atoms with Gasteiger partial charge in [0, 0.05) is 4.88 Å². The molecule has 22 heavy (non-hydrogen) atoms. The quantitative estimate of drug-likeness (QED) is 0.884. The van der Waals surface area contributed by atoms with Gasteiger partial charge in [0.05, 0.1) is 11.0 Å². The Balaban J connectivity index is 1.99. The Labute approximate surface area is 134 Å². The molecule has 118 valence electrons. The van der Waals surface area contributed by atoms with E-state index in [0.717, 1.165) is 30.6 Å². The van der Waals surface area contributed by atoms with Gasteiger partial charge in [-0.3, -0.25) is 0 Å². The van der Waals surface area contributed by atoms with Crippen LogP contribution in [-0.2, 0) is 5.41 Å². The summed E-state index contributed by atoms with van der Waals surface area (Å²) in [5, 5.41) is 22.8. The first-order chi connectivity index (χ1) is 10.5. The monoisotopic (exact) mass is 318 g/mol. The van der Waals surface area contributed by atoms with E-state index in [1.54, 1.807) is 11.3 Å². The van der Waals surface area contributed by atoms with Gasteiger partial charge >= 0.3 is 0 Å². The van der Waals surface area contributed by atoms with Crippen LogP contribution in [0.2, 0.25) is 0 Å². The molecule has 1 aliphatic carbocycles. The van der Waals surface area contributed by atoms with Crippen LogP contribution in [0.5, 0.6) is 11.8 Å². The van der Waals surface area contributed by atoms with E-state index in [9.17, 15) is 10.2 Å². The third kappa shape index (κ3) is 2.70. The third-order valence-electron chi connectivity index (χ3n) is 4.62. The minimum Gasteiger partial charge on any atom is -0.493 e. The molecule has 1 fully saturated rings. The summed E-state index contributed by atoms with van der Waals surface area (Å²) in [5.41, 5.74) is 0.0965. The highest BCUT2D eigenvalue weighted by atomic mass is 32.1. The lowest BCUT2D eigenvalue weighted by molar-refractivity contribution is 0.362. The Bertz CT molecular complexity index is 624. The van der Waals surface area contributed by atoms with E-state index >= 15 is 0 Å². The molecule has 0 aliphatic heterocycles. The van der Waals surface area contributed by atoms with Crippen LogP contribution in [0.1, 0.15) is 68.1 Å². The van der Waals surface area contributed by atoms with Gasteiger partial charge in [-0.15, -0.1) is 11.3 Å². The molecule has 2 aromatic heterocycles. The molecule has 2 heterocycles. The first-order valence-electron chi connectivity index (χ1n) is 7.84. The zero-order valence-corrected chi connectivity index (χ0v) is 13.9. The maximum absolute atomic E-state index is 10.4. The molecule has 5 heteroatoms. The molecule has 0 saturated heterocycles. The fraction of sp³-hybridized carbons (Fsp3) is 0.529. The topological polar surface area (TPSA) is 66.2 Å². The van der Waals surface area contributed by atoms with Gasteiger partial charge in [-0.05, 0) is 44.1 Å². The first kappa shape index (κ1) is 15.3. The van der Waals surface area contributed by atoms with Crippen molar-refractivity contribution in [2.24, 2.45) is 0 Å². The lowest BCUT2D eigenvalue weighted by Crippen LogP contribution is -2.22. The second-order valence-electron chi connectivity index (χ2n) is 6.55. The molecule has 0 aromatic carbocycles. The predicted molar refractivity (Wildman–Crippen MR) is 87.6 cm³/mol. The number of thiophene rings is 1. The van der Waals surface area contributed by atoms with Crippen LogP contribution >= 0.6 is 11.3 Å². The highest BCUT2D eigenvalue weighted by Gasteiger charge is 2.31. The molecule has 4 nitrogen and oxygen atoms in total. The van der Waals surface area contributed by atoms with Crippen LogP contribution in [0, 0.1) is 0 Å². The molecule has 0 spiro atoms. The summed E-state index contributed by atoms with van der Waals surface area (Å²) < 4.78 is 0. The average Bonchev–Trinajstić information content (AvgIpc) is 3.02. The summed E-state index contributed by atoms with van der Waals surface area (Å²) in [6, 6.07) is 4.01. The van der Waals surface area contributed by atoms with E-state index in [1.165, 1.54) is 6.42 Å². The summed E-state index contributed by atoms with van der Waals surface area (Å²) in [6.45, 7) is 4.01. The second kappa shape index (κ2) is 5.88. The Morgan fingerprint density at radius 3 is 2.27 bits per heavy atom. The first-order valence-corrected chi connectivity index (χ1v) is 8.72. The standard InChI is InChI=1S/C17H22N2O2S/c1-17(2,12-9-6-10-22-12)16-18-14(20)13(15(21)19-16)11-7-4-3-5-8-11/h6,9-11H,3-5,7-8H2,1-2H3,(H2,18,19,20,21). The fourth-order valence-electron chi connectivity index (χ4n) is 3.23. The van der Waals surface area contributed by atoms with Gasteiger partial charge in [-0.25, -0.2) is 0 Å². The summed E-state index contributed by atoms with van der Waals surface area (Å²) >= 11 is 1.63. The average molecular weight is 318 g/mol. The van der Waals surface area contributed by atoms with Crippen LogP contribution < -0.4 is 0 Å². The fourth-order valence-corrected chi connectivity index (χ4v) is 4.07. The van der Waals surface area contributed by atoms with Crippen LogP contribution in [-0.4, -0.2) is 20.2 Å². The summed E-state index contributed by atoms with van der Waals surface area (Å²) in [7, 11) is 0. The highest BCUT2D eigenvalue weighted by Crippen LogP contribution is 2.42. The van der Waals surface area contributed by atoms with Crippen LogP contribution in [0.25, 0.3) is 0 Å². The molecule has 3 rings (SSSR count). The summed E-state index contributed by atoms with van der Waals surface area (Å²) in [6.07, 6.45) is 5.45. The summed E-state index contributed by atoms with van der Waals surface area (Å²) in [5.74, 6) is 0.523. The largest absolute Gasteiger partial charge is 0.493 e. The van der Waals surface area contributed by atoms with E-state index in [-0.39, 0.29) is 17.7 Å². The highest BCUT2D eigenvalue weighted by molar-refractivity contribution is 7.10. The minimum atomic E-state index is -0.436. The van der Waals surface area contributed by atoms with Gasteiger partial charge in [0.2, 0.25) is 11.8 Å². The lowest BCUT2D eigenvalue weighted by Gasteiger charge is -2.25. The van der Waals surface area contributed by atoms with Crippen molar-refractivity contribution in [1.29, 1.82) is 0 Å². The SMILES string of the molecule is CC(C)(c1nc(O)c(C2CCCCC2)c(O)n1)c1cccs1. The van der Waals surface area contributed by atoms with Crippen molar-refractivity contribution in [1.82, 2.24) is 9.97 Å².